The number of thiol groups is 1. The average molecular weight is 517 g/mol. The molecule has 2 rings (SSSR count). The van der Waals surface area contributed by atoms with Crippen LogP contribution in [-0.2, 0) is 36.3 Å². The van der Waals surface area contributed by atoms with Gasteiger partial charge in [0.15, 0.2) is 8.62 Å². The fourth-order valence-electron chi connectivity index (χ4n) is 2.63. The summed E-state index contributed by atoms with van der Waals surface area (Å²) >= 11 is 4.00. The van der Waals surface area contributed by atoms with Crippen molar-refractivity contribution in [2.45, 2.75) is 31.0 Å². The maximum absolute atomic E-state index is 12.4. The molecule has 0 spiro atoms. The molecule has 1 fully saturated rings. The van der Waals surface area contributed by atoms with Crippen molar-refractivity contribution >= 4 is 43.4 Å². The van der Waals surface area contributed by atoms with E-state index in [1.807, 2.05) is 0 Å². The van der Waals surface area contributed by atoms with Crippen molar-refractivity contribution in [2.75, 3.05) is 19.1 Å². The highest BCUT2D eigenvalue weighted by molar-refractivity contribution is 7.80. The number of urea groups is 1. The zero-order chi connectivity index (χ0) is 23.0. The summed E-state index contributed by atoms with van der Waals surface area (Å²) in [6.45, 7) is -0.224. The minimum atomic E-state index is -3.20. The van der Waals surface area contributed by atoms with Crippen LogP contribution in [0.4, 0.5) is 4.79 Å². The quantitative estimate of drug-likeness (QED) is 0.117. The van der Waals surface area contributed by atoms with Crippen LogP contribution in [0.3, 0.4) is 0 Å². The smallest absolute Gasteiger partial charge is 0.365 e. The molecule has 2 heterocycles. The molecule has 2 amide bonds. The number of hydrogen-bond acceptors (Lipinski definition) is 12. The first-order valence-corrected chi connectivity index (χ1v) is 12.4. The molecule has 31 heavy (non-hydrogen) atoms. The lowest BCUT2D eigenvalue weighted by Gasteiger charge is -2.31. The predicted octanol–water partition coefficient (Wildman–Crippen LogP) is 0.544. The van der Waals surface area contributed by atoms with Crippen molar-refractivity contribution in [3.63, 3.8) is 0 Å². The molecule has 5 unspecified atom stereocenters. The minimum Gasteiger partial charge on any atom is -0.365 e. The average Bonchev–Trinajstić information content (AvgIpc) is 3.08. The van der Waals surface area contributed by atoms with Gasteiger partial charge in [-0.3, -0.25) is 4.90 Å². The third-order valence-corrected chi connectivity index (χ3v) is 6.52. The Morgan fingerprint density at radius 1 is 1.35 bits per heavy atom. The Balaban J connectivity index is 2.02. The third kappa shape index (κ3) is 8.07. The highest BCUT2D eigenvalue weighted by atomic mass is 32.1. The van der Waals surface area contributed by atoms with Crippen LogP contribution in [0.1, 0.15) is 6.42 Å². The number of ether oxygens (including phenoxy) is 2. The van der Waals surface area contributed by atoms with Crippen LogP contribution in [-0.4, -0.2) is 59.5 Å². The second-order valence-electron chi connectivity index (χ2n) is 5.77. The van der Waals surface area contributed by atoms with Gasteiger partial charge in [-0.15, -0.1) is 9.42 Å². The van der Waals surface area contributed by atoms with E-state index >= 15 is 0 Å². The number of carbonyl (C=O) groups excluding carboxylic acids is 1. The van der Waals surface area contributed by atoms with Crippen molar-refractivity contribution in [3.8, 4) is 11.8 Å². The van der Waals surface area contributed by atoms with Gasteiger partial charge in [0, 0.05) is 26.3 Å². The van der Waals surface area contributed by atoms with E-state index in [2.05, 4.69) is 38.4 Å². The Kier molecular flexibility index (Phi) is 10.8. The van der Waals surface area contributed by atoms with Crippen molar-refractivity contribution < 1.29 is 46.0 Å². The first-order valence-electron chi connectivity index (χ1n) is 8.47. The summed E-state index contributed by atoms with van der Waals surface area (Å²) in [5.41, 5.74) is 11.6. The first kappa shape index (κ1) is 26.2. The molecular weight excluding hydrogens is 497 g/mol. The molecule has 14 nitrogen and oxygen atoms in total. The molecule has 2 aliphatic rings. The molecule has 1 saturated heterocycles. The molecule has 18 heteroatoms. The molecule has 0 aliphatic carbocycles. The molecule has 0 saturated carbocycles. The summed E-state index contributed by atoms with van der Waals surface area (Å²) in [6, 6.07) is -0.524. The van der Waals surface area contributed by atoms with Crippen molar-refractivity contribution in [3.05, 3.63) is 11.8 Å². The lowest BCUT2D eigenvalue weighted by Crippen LogP contribution is -2.54. The fourth-order valence-corrected chi connectivity index (χ4v) is 4.56. The number of carbonyl (C=O) groups is 1. The number of amides is 2. The van der Waals surface area contributed by atoms with Crippen LogP contribution < -0.4 is 16.8 Å². The highest BCUT2D eigenvalue weighted by Crippen LogP contribution is 2.45. The summed E-state index contributed by atoms with van der Waals surface area (Å²) in [4.78, 5) is 22.1. The van der Waals surface area contributed by atoms with Gasteiger partial charge in [0.25, 0.3) is 0 Å². The second kappa shape index (κ2) is 12.8. The predicted molar refractivity (Wildman–Crippen MR) is 108 cm³/mol. The van der Waals surface area contributed by atoms with Gasteiger partial charge in [-0.25, -0.2) is 4.79 Å². The second-order valence-corrected chi connectivity index (χ2v) is 8.96. The lowest BCUT2D eigenvalue weighted by molar-refractivity contribution is -0.0577. The molecule has 0 aromatic heterocycles. The molecular formula is C13H20N4O10P3S+3. The van der Waals surface area contributed by atoms with E-state index in [-0.39, 0.29) is 25.5 Å². The first-order chi connectivity index (χ1) is 14.7. The molecule has 0 radical (unpaired) electrons. The van der Waals surface area contributed by atoms with E-state index in [9.17, 15) is 18.5 Å². The summed E-state index contributed by atoms with van der Waals surface area (Å²) in [5, 5.41) is 2.54. The van der Waals surface area contributed by atoms with Gasteiger partial charge in [-0.2, -0.15) is 12.6 Å². The van der Waals surface area contributed by atoms with E-state index < -0.39 is 55.4 Å². The van der Waals surface area contributed by atoms with E-state index in [0.717, 1.165) is 0 Å². The van der Waals surface area contributed by atoms with Gasteiger partial charge in [-0.1, -0.05) is 11.8 Å². The highest BCUT2D eigenvalue weighted by Gasteiger charge is 2.50. The molecule has 2 aliphatic heterocycles. The molecule has 7 atom stereocenters. The molecule has 0 aromatic rings. The van der Waals surface area contributed by atoms with Gasteiger partial charge in [0.2, 0.25) is 0 Å². The Morgan fingerprint density at radius 3 is 2.74 bits per heavy atom. The van der Waals surface area contributed by atoms with E-state index in [0.29, 0.717) is 5.57 Å². The van der Waals surface area contributed by atoms with E-state index in [1.54, 1.807) is 0 Å². The fraction of sp³-hybridized carbons (Fsp3) is 0.615. The van der Waals surface area contributed by atoms with Crippen molar-refractivity contribution in [1.82, 2.24) is 10.2 Å². The third-order valence-electron chi connectivity index (χ3n) is 3.85. The number of nitrogens with zero attached hydrogens (tertiary/aromatic N) is 1. The number of rotatable bonds is 10. The van der Waals surface area contributed by atoms with Gasteiger partial charge in [-0.05, 0) is 0 Å². The Hall–Kier alpha value is -1.10. The minimum absolute atomic E-state index is 0.0310. The zero-order valence-corrected chi connectivity index (χ0v) is 19.3. The van der Waals surface area contributed by atoms with Crippen LogP contribution in [0.15, 0.2) is 11.8 Å². The Labute approximate surface area is 185 Å². The Morgan fingerprint density at radius 2 is 2.10 bits per heavy atom. The van der Waals surface area contributed by atoms with Crippen LogP contribution in [0.2, 0.25) is 0 Å². The monoisotopic (exact) mass is 517 g/mol. The maximum Gasteiger partial charge on any atom is 0.798 e. The normalized spacial score (nSPS) is 27.1. The molecule has 0 bridgehead atoms. The SMILES string of the molecule is NCC#CC1=CN([C@H]2CC(OCS)[C@@H](CO[P+](=O)O[P+](=O)O[P+](=O)O)O2)C(=O)NC1N. The lowest BCUT2D eigenvalue weighted by atomic mass is 10.1. The van der Waals surface area contributed by atoms with Crippen molar-refractivity contribution in [1.29, 1.82) is 0 Å². The standard InChI is InChI=1S/C13H17N4O10P3S/c14-3-1-2-8-5-17(13(18)16-12(8)15)11-4-9(23-7-31)10(25-11)6-24-29(21)27-30(22)26-28(19)20/h5,9-12H,3-4,6-7,14-15H2/p+3/t9?,10-,11-,12?/m1/s1. The van der Waals surface area contributed by atoms with Crippen molar-refractivity contribution in [2.24, 2.45) is 11.5 Å². The summed E-state index contributed by atoms with van der Waals surface area (Å²) < 4.78 is 57.8. The largest absolute Gasteiger partial charge is 0.798 e. The summed E-state index contributed by atoms with van der Waals surface area (Å²) in [7, 11) is -9.28. The van der Waals surface area contributed by atoms with E-state index in [4.69, 9.17) is 30.4 Å². The van der Waals surface area contributed by atoms with Crippen LogP contribution in [0.25, 0.3) is 0 Å². The summed E-state index contributed by atoms with van der Waals surface area (Å²) in [6.07, 6.45) is -1.34. The van der Waals surface area contributed by atoms with Crippen LogP contribution in [0.5, 0.6) is 0 Å². The zero-order valence-electron chi connectivity index (χ0n) is 15.7. The van der Waals surface area contributed by atoms with Crippen LogP contribution >= 0.6 is 37.4 Å². The van der Waals surface area contributed by atoms with Crippen LogP contribution in [0, 0.1) is 11.8 Å². The van der Waals surface area contributed by atoms with E-state index in [1.165, 1.54) is 11.1 Å². The Bertz CT molecular complexity index is 821. The number of nitrogens with one attached hydrogen (secondary N) is 1. The van der Waals surface area contributed by atoms with Gasteiger partial charge in [0.05, 0.1) is 24.2 Å². The topological polar surface area (TPSA) is 202 Å². The molecule has 170 valence electrons. The number of hydrogen-bond donors (Lipinski definition) is 5. The van der Waals surface area contributed by atoms with Gasteiger partial charge in [0.1, 0.15) is 25.1 Å². The number of nitrogens with two attached hydrogens (primary N) is 2. The summed E-state index contributed by atoms with van der Waals surface area (Å²) in [5.74, 6) is 5.46. The molecule has 6 N–H and O–H groups in total. The molecule has 0 aromatic carbocycles. The maximum atomic E-state index is 12.4. The van der Waals surface area contributed by atoms with Gasteiger partial charge >= 0.3 is 30.8 Å². The van der Waals surface area contributed by atoms with Gasteiger partial charge < -0.3 is 26.3 Å².